The molecule has 0 saturated heterocycles. The highest BCUT2D eigenvalue weighted by atomic mass is 32.2. The highest BCUT2D eigenvalue weighted by Crippen LogP contribution is 2.21. The van der Waals surface area contributed by atoms with Gasteiger partial charge in [0.1, 0.15) is 12.5 Å². The molecular weight excluding hydrogens is 318 g/mol. The number of rotatable bonds is 3. The van der Waals surface area contributed by atoms with Gasteiger partial charge in [0, 0.05) is 11.6 Å². The quantitative estimate of drug-likeness (QED) is 0.488. The van der Waals surface area contributed by atoms with Crippen molar-refractivity contribution in [2.24, 2.45) is 0 Å². The number of thioether (sulfide) groups is 1. The fraction of sp³-hybridized carbons (Fsp3) is 0.176. The van der Waals surface area contributed by atoms with Crippen LogP contribution in [-0.4, -0.2) is 15.8 Å². The average molecular weight is 332 g/mol. The highest BCUT2D eigenvalue weighted by Gasteiger charge is 2.17. The molecule has 1 aromatic heterocycles. The molecule has 0 aliphatic carbocycles. The van der Waals surface area contributed by atoms with Gasteiger partial charge in [-0.15, -0.1) is 6.42 Å². The van der Waals surface area contributed by atoms with Crippen LogP contribution in [0.1, 0.15) is 12.5 Å². The van der Waals surface area contributed by atoms with E-state index in [-0.39, 0.29) is 21.6 Å². The summed E-state index contributed by atoms with van der Waals surface area (Å²) in [6, 6.07) is 4.02. The molecule has 0 radical (unpaired) electrons. The van der Waals surface area contributed by atoms with Crippen LogP contribution >= 0.6 is 11.8 Å². The predicted molar refractivity (Wildman–Crippen MR) is 89.1 cm³/mol. The molecular formula is C17H14F2N2OS. The molecule has 0 N–H and O–H groups in total. The lowest BCUT2D eigenvalue weighted by atomic mass is 10.2. The maximum atomic E-state index is 14.3. The topological polar surface area (TPSA) is 34.9 Å². The van der Waals surface area contributed by atoms with Gasteiger partial charge in [0.15, 0.2) is 5.16 Å². The number of halogens is 2. The van der Waals surface area contributed by atoms with E-state index < -0.39 is 18.1 Å². The number of nitrogens with zero attached hydrogens (tertiary/aromatic N) is 2. The third-order valence-corrected chi connectivity index (χ3v) is 3.89. The molecule has 0 aliphatic heterocycles. The average Bonchev–Trinajstić information content (AvgIpc) is 2.55. The molecule has 1 aromatic carbocycles. The molecule has 3 nitrogen and oxygen atoms in total. The van der Waals surface area contributed by atoms with Crippen LogP contribution in [0, 0.1) is 18.2 Å². The third-order valence-electron chi connectivity index (χ3n) is 3.25. The lowest BCUT2D eigenvalue weighted by Gasteiger charge is -2.14. The largest absolute Gasteiger partial charge is 0.268 e. The van der Waals surface area contributed by atoms with E-state index in [2.05, 4.69) is 10.9 Å². The molecule has 2 aromatic rings. The Morgan fingerprint density at radius 3 is 2.78 bits per heavy atom. The standard InChI is InChI=1S/C17H14F2N2OS/c1-4-7-14-12(5-2)16(22)21(17(20-14)23-3)15-11(10-18)8-6-9-13(15)19/h1,5-9H,10H2,2-3H3/b12-5+,14-7+. The molecule has 2 rings (SSSR count). The molecule has 1 heterocycles. The minimum atomic E-state index is -0.892. The highest BCUT2D eigenvalue weighted by molar-refractivity contribution is 7.98. The molecule has 0 saturated carbocycles. The predicted octanol–water partition coefficient (Wildman–Crippen LogP) is 1.78. The first-order valence-electron chi connectivity index (χ1n) is 6.72. The van der Waals surface area contributed by atoms with E-state index in [0.29, 0.717) is 5.35 Å². The van der Waals surface area contributed by atoms with E-state index in [0.717, 1.165) is 16.3 Å². The number of benzene rings is 1. The summed E-state index contributed by atoms with van der Waals surface area (Å²) in [7, 11) is 0. The van der Waals surface area contributed by atoms with Crippen molar-refractivity contribution in [1.82, 2.24) is 9.55 Å². The van der Waals surface area contributed by atoms with E-state index >= 15 is 0 Å². The van der Waals surface area contributed by atoms with E-state index in [1.807, 2.05) is 0 Å². The van der Waals surface area contributed by atoms with Crippen LogP contribution in [0.5, 0.6) is 0 Å². The van der Waals surface area contributed by atoms with Gasteiger partial charge in [-0.25, -0.2) is 13.8 Å². The van der Waals surface area contributed by atoms with Gasteiger partial charge in [0.2, 0.25) is 0 Å². The number of hydrogen-bond donors (Lipinski definition) is 0. The monoisotopic (exact) mass is 332 g/mol. The van der Waals surface area contributed by atoms with Gasteiger partial charge < -0.3 is 0 Å². The Bertz CT molecular complexity index is 958. The molecule has 0 fully saturated rings. The number of aromatic nitrogens is 2. The molecule has 0 bridgehead atoms. The van der Waals surface area contributed by atoms with Crippen molar-refractivity contribution in [3.63, 3.8) is 0 Å². The van der Waals surface area contributed by atoms with E-state index in [1.165, 1.54) is 24.3 Å². The Morgan fingerprint density at radius 1 is 1.48 bits per heavy atom. The Labute approximate surface area is 136 Å². The molecule has 0 aliphatic rings. The van der Waals surface area contributed by atoms with Crippen molar-refractivity contribution in [2.45, 2.75) is 18.8 Å². The Morgan fingerprint density at radius 2 is 2.22 bits per heavy atom. The van der Waals surface area contributed by atoms with Crippen LogP contribution in [0.4, 0.5) is 8.78 Å². The van der Waals surface area contributed by atoms with Crippen LogP contribution in [0.15, 0.2) is 28.2 Å². The van der Waals surface area contributed by atoms with Crippen LogP contribution in [0.25, 0.3) is 17.8 Å². The number of alkyl halides is 1. The van der Waals surface area contributed by atoms with Crippen molar-refractivity contribution in [1.29, 1.82) is 0 Å². The zero-order valence-corrected chi connectivity index (χ0v) is 13.5. The summed E-state index contributed by atoms with van der Waals surface area (Å²) >= 11 is 1.15. The molecule has 23 heavy (non-hydrogen) atoms. The van der Waals surface area contributed by atoms with Gasteiger partial charge in [0.05, 0.1) is 16.3 Å². The Hall–Kier alpha value is -2.39. The van der Waals surface area contributed by atoms with Gasteiger partial charge in [-0.1, -0.05) is 35.9 Å². The van der Waals surface area contributed by atoms with Gasteiger partial charge in [-0.3, -0.25) is 9.36 Å². The molecule has 6 heteroatoms. The maximum absolute atomic E-state index is 14.3. The van der Waals surface area contributed by atoms with Crippen molar-refractivity contribution < 1.29 is 8.78 Å². The summed E-state index contributed by atoms with van der Waals surface area (Å²) in [5.74, 6) is 1.65. The van der Waals surface area contributed by atoms with E-state index in [4.69, 9.17) is 6.42 Å². The van der Waals surface area contributed by atoms with E-state index in [1.54, 1.807) is 19.3 Å². The van der Waals surface area contributed by atoms with Gasteiger partial charge in [-0.2, -0.15) is 0 Å². The summed E-state index contributed by atoms with van der Waals surface area (Å²) in [6.07, 6.45) is 9.88. The summed E-state index contributed by atoms with van der Waals surface area (Å²) in [4.78, 5) is 17.1. The van der Waals surface area contributed by atoms with Crippen molar-refractivity contribution >= 4 is 23.9 Å². The second kappa shape index (κ2) is 7.25. The van der Waals surface area contributed by atoms with Crippen LogP contribution < -0.4 is 16.1 Å². The number of hydrogen-bond acceptors (Lipinski definition) is 3. The fourth-order valence-corrected chi connectivity index (χ4v) is 2.79. The van der Waals surface area contributed by atoms with Crippen molar-refractivity contribution in [3.8, 4) is 18.0 Å². The van der Waals surface area contributed by atoms with Crippen LogP contribution in [-0.2, 0) is 6.67 Å². The summed E-state index contributed by atoms with van der Waals surface area (Å²) in [6.45, 7) is 0.767. The van der Waals surface area contributed by atoms with Crippen LogP contribution in [0.2, 0.25) is 0 Å². The first kappa shape index (κ1) is 17.0. The first-order chi connectivity index (χ1) is 11.1. The molecule has 0 unspecified atom stereocenters. The summed E-state index contributed by atoms with van der Waals surface area (Å²) in [5.41, 5.74) is -0.528. The van der Waals surface area contributed by atoms with Gasteiger partial charge in [0.25, 0.3) is 5.56 Å². The molecule has 0 spiro atoms. The van der Waals surface area contributed by atoms with Crippen molar-refractivity contribution in [2.75, 3.05) is 6.26 Å². The number of terminal acetylenes is 1. The Kier molecular flexibility index (Phi) is 5.35. The smallest absolute Gasteiger partial charge is 0.266 e. The minimum Gasteiger partial charge on any atom is -0.268 e. The molecule has 0 amide bonds. The SMILES string of the molecule is C#C/C=c1/nc(SC)n(-c2c(F)cccc2CF)c(=O)/c1=C/C. The first-order valence-corrected chi connectivity index (χ1v) is 7.95. The van der Waals surface area contributed by atoms with Gasteiger partial charge >= 0.3 is 0 Å². The maximum Gasteiger partial charge on any atom is 0.266 e. The summed E-state index contributed by atoms with van der Waals surface area (Å²) in [5, 5.41) is 0.814. The lowest BCUT2D eigenvalue weighted by Crippen LogP contribution is -2.47. The summed E-state index contributed by atoms with van der Waals surface area (Å²) < 4.78 is 28.6. The Balaban J connectivity index is 3.05. The normalized spacial score (nSPS) is 12.5. The van der Waals surface area contributed by atoms with Gasteiger partial charge in [-0.05, 0) is 19.2 Å². The fourth-order valence-electron chi connectivity index (χ4n) is 2.24. The number of para-hydroxylation sites is 1. The molecule has 0 atom stereocenters. The zero-order valence-electron chi connectivity index (χ0n) is 12.6. The zero-order chi connectivity index (χ0) is 17.0. The second-order valence-electron chi connectivity index (χ2n) is 4.52. The third kappa shape index (κ3) is 3.06. The minimum absolute atomic E-state index is 0.0833. The van der Waals surface area contributed by atoms with Crippen LogP contribution in [0.3, 0.4) is 0 Å². The molecule has 118 valence electrons. The van der Waals surface area contributed by atoms with Crippen molar-refractivity contribution in [3.05, 3.63) is 50.5 Å². The lowest BCUT2D eigenvalue weighted by molar-refractivity contribution is 0.478. The second-order valence-corrected chi connectivity index (χ2v) is 5.29. The van der Waals surface area contributed by atoms with E-state index in [9.17, 15) is 13.6 Å².